The lowest BCUT2D eigenvalue weighted by Gasteiger charge is -2.32. The normalized spacial score (nSPS) is 22.5. The van der Waals surface area contributed by atoms with E-state index in [0.29, 0.717) is 5.92 Å². The first-order valence-corrected chi connectivity index (χ1v) is 7.95. The Balaban J connectivity index is 2.23. The highest BCUT2D eigenvalue weighted by Gasteiger charge is 2.42. The predicted molar refractivity (Wildman–Crippen MR) is 84.0 cm³/mol. The second-order valence-electron chi connectivity index (χ2n) is 6.46. The number of rotatable bonds is 4. The van der Waals surface area contributed by atoms with E-state index in [1.807, 2.05) is 0 Å². The van der Waals surface area contributed by atoms with Gasteiger partial charge in [0.05, 0.1) is 11.0 Å². The fourth-order valence-electron chi connectivity index (χ4n) is 3.58. The van der Waals surface area contributed by atoms with E-state index < -0.39 is 0 Å². The van der Waals surface area contributed by atoms with Gasteiger partial charge in [-0.05, 0) is 43.5 Å². The second kappa shape index (κ2) is 5.41. The molecular formula is C17H24FN3. The van der Waals surface area contributed by atoms with Gasteiger partial charge in [0.1, 0.15) is 11.6 Å². The van der Waals surface area contributed by atoms with Crippen molar-refractivity contribution in [3.8, 4) is 0 Å². The molecule has 4 heteroatoms. The van der Waals surface area contributed by atoms with E-state index in [0.717, 1.165) is 49.3 Å². The van der Waals surface area contributed by atoms with Gasteiger partial charge in [-0.2, -0.15) is 0 Å². The first-order chi connectivity index (χ1) is 10.1. The fraction of sp³-hybridized carbons (Fsp3) is 0.588. The highest BCUT2D eigenvalue weighted by atomic mass is 19.1. The molecule has 0 bridgehead atoms. The Morgan fingerprint density at radius 2 is 2.24 bits per heavy atom. The molecule has 1 fully saturated rings. The van der Waals surface area contributed by atoms with E-state index in [9.17, 15) is 4.39 Å². The van der Waals surface area contributed by atoms with Crippen LogP contribution in [0.2, 0.25) is 0 Å². The van der Waals surface area contributed by atoms with E-state index in [1.54, 1.807) is 12.1 Å². The molecule has 1 saturated heterocycles. The smallest absolute Gasteiger partial charge is 0.125 e. The topological polar surface area (TPSA) is 29.9 Å². The van der Waals surface area contributed by atoms with Gasteiger partial charge in [0, 0.05) is 18.5 Å². The van der Waals surface area contributed by atoms with Crippen LogP contribution >= 0.6 is 0 Å². The Morgan fingerprint density at radius 3 is 2.86 bits per heavy atom. The fourth-order valence-corrected chi connectivity index (χ4v) is 3.58. The zero-order valence-corrected chi connectivity index (χ0v) is 13.1. The van der Waals surface area contributed by atoms with Gasteiger partial charge in [-0.15, -0.1) is 0 Å². The lowest BCUT2D eigenvalue weighted by atomic mass is 9.75. The molecule has 0 aliphatic carbocycles. The van der Waals surface area contributed by atoms with E-state index in [2.05, 4.69) is 30.7 Å². The number of nitrogens with zero attached hydrogens (tertiary/aromatic N) is 2. The summed E-state index contributed by atoms with van der Waals surface area (Å²) in [6.07, 6.45) is 2.12. The lowest BCUT2D eigenvalue weighted by Crippen LogP contribution is -2.37. The second-order valence-corrected chi connectivity index (χ2v) is 6.46. The van der Waals surface area contributed by atoms with Crippen LogP contribution in [-0.4, -0.2) is 22.6 Å². The van der Waals surface area contributed by atoms with Crippen molar-refractivity contribution in [1.82, 2.24) is 14.9 Å². The molecule has 1 aromatic heterocycles. The van der Waals surface area contributed by atoms with Gasteiger partial charge in [0.2, 0.25) is 0 Å². The van der Waals surface area contributed by atoms with Gasteiger partial charge >= 0.3 is 0 Å². The summed E-state index contributed by atoms with van der Waals surface area (Å²) in [5.74, 6) is 1.45. The number of imidazole rings is 1. The van der Waals surface area contributed by atoms with E-state index in [1.165, 1.54) is 6.07 Å². The van der Waals surface area contributed by atoms with Crippen molar-refractivity contribution in [3.63, 3.8) is 0 Å². The van der Waals surface area contributed by atoms with Crippen LogP contribution in [-0.2, 0) is 12.0 Å². The minimum Gasteiger partial charge on any atom is -0.327 e. The van der Waals surface area contributed by atoms with Crippen molar-refractivity contribution in [2.24, 2.45) is 5.92 Å². The van der Waals surface area contributed by atoms with E-state index in [4.69, 9.17) is 4.98 Å². The summed E-state index contributed by atoms with van der Waals surface area (Å²) in [6, 6.07) is 4.93. The molecule has 0 radical (unpaired) electrons. The van der Waals surface area contributed by atoms with Crippen molar-refractivity contribution in [2.75, 3.05) is 13.1 Å². The molecular weight excluding hydrogens is 265 g/mol. The third kappa shape index (κ3) is 2.26. The molecule has 3 nitrogen and oxygen atoms in total. The van der Waals surface area contributed by atoms with Crippen molar-refractivity contribution in [1.29, 1.82) is 0 Å². The van der Waals surface area contributed by atoms with Gasteiger partial charge in [0.25, 0.3) is 0 Å². The molecule has 1 aromatic carbocycles. The van der Waals surface area contributed by atoms with Crippen LogP contribution in [0.3, 0.4) is 0 Å². The molecule has 2 heterocycles. The highest BCUT2D eigenvalue weighted by molar-refractivity contribution is 5.76. The average molecular weight is 289 g/mol. The highest BCUT2D eigenvalue weighted by Crippen LogP contribution is 2.39. The Hall–Kier alpha value is -1.42. The zero-order valence-electron chi connectivity index (χ0n) is 13.1. The number of nitrogens with one attached hydrogen (secondary N) is 1. The van der Waals surface area contributed by atoms with Crippen molar-refractivity contribution in [3.05, 3.63) is 29.8 Å². The van der Waals surface area contributed by atoms with Gasteiger partial charge in [-0.25, -0.2) is 9.37 Å². The van der Waals surface area contributed by atoms with Crippen molar-refractivity contribution in [2.45, 2.75) is 45.6 Å². The van der Waals surface area contributed by atoms with Gasteiger partial charge in [-0.3, -0.25) is 0 Å². The molecule has 1 N–H and O–H groups in total. The first kappa shape index (κ1) is 14.5. The molecule has 1 aliphatic heterocycles. The standard InChI is InChI=1S/C17H24FN3/c1-4-9-21-15-10-13(18)5-6-14(15)20-16(21)17(12(2)3)7-8-19-11-17/h5-6,10,12,19H,4,7-9,11H2,1-3H3. The summed E-state index contributed by atoms with van der Waals surface area (Å²) in [5, 5.41) is 3.49. The van der Waals surface area contributed by atoms with Crippen LogP contribution in [0.25, 0.3) is 11.0 Å². The summed E-state index contributed by atoms with van der Waals surface area (Å²) in [5.41, 5.74) is 1.90. The first-order valence-electron chi connectivity index (χ1n) is 7.95. The summed E-state index contributed by atoms with van der Waals surface area (Å²) < 4.78 is 15.9. The maximum Gasteiger partial charge on any atom is 0.125 e. The quantitative estimate of drug-likeness (QED) is 0.934. The predicted octanol–water partition coefficient (Wildman–Crippen LogP) is 3.47. The van der Waals surface area contributed by atoms with Crippen LogP contribution in [0.4, 0.5) is 4.39 Å². The summed E-state index contributed by atoms with van der Waals surface area (Å²) in [7, 11) is 0. The Kier molecular flexibility index (Phi) is 3.74. The van der Waals surface area contributed by atoms with Crippen LogP contribution < -0.4 is 5.32 Å². The molecule has 3 rings (SSSR count). The maximum absolute atomic E-state index is 13.6. The third-order valence-electron chi connectivity index (χ3n) is 4.90. The summed E-state index contributed by atoms with van der Waals surface area (Å²) >= 11 is 0. The number of aromatic nitrogens is 2. The van der Waals surface area contributed by atoms with Crippen LogP contribution in [0.5, 0.6) is 0 Å². The Bertz CT molecular complexity index is 639. The van der Waals surface area contributed by atoms with Crippen molar-refractivity contribution >= 4 is 11.0 Å². The molecule has 1 atom stereocenters. The molecule has 1 unspecified atom stereocenters. The minimum absolute atomic E-state index is 0.0602. The molecule has 0 amide bonds. The molecule has 21 heavy (non-hydrogen) atoms. The molecule has 2 aromatic rings. The molecule has 0 saturated carbocycles. The van der Waals surface area contributed by atoms with Gasteiger partial charge in [-0.1, -0.05) is 20.8 Å². The number of hydrogen-bond acceptors (Lipinski definition) is 2. The van der Waals surface area contributed by atoms with Crippen LogP contribution in [0.15, 0.2) is 18.2 Å². The Labute approximate surface area is 125 Å². The average Bonchev–Trinajstić information content (AvgIpc) is 3.05. The number of aryl methyl sites for hydroxylation is 1. The monoisotopic (exact) mass is 289 g/mol. The molecule has 0 spiro atoms. The van der Waals surface area contributed by atoms with Crippen molar-refractivity contribution < 1.29 is 4.39 Å². The van der Waals surface area contributed by atoms with Crippen LogP contribution in [0, 0.1) is 11.7 Å². The molecule has 114 valence electrons. The summed E-state index contributed by atoms with van der Waals surface area (Å²) in [6.45, 7) is 9.57. The number of fused-ring (bicyclic) bond motifs is 1. The van der Waals surface area contributed by atoms with Gasteiger partial charge in [0.15, 0.2) is 0 Å². The zero-order chi connectivity index (χ0) is 15.0. The largest absolute Gasteiger partial charge is 0.327 e. The minimum atomic E-state index is -0.186. The van der Waals surface area contributed by atoms with E-state index in [-0.39, 0.29) is 11.2 Å². The van der Waals surface area contributed by atoms with E-state index >= 15 is 0 Å². The lowest BCUT2D eigenvalue weighted by molar-refractivity contribution is 0.307. The summed E-state index contributed by atoms with van der Waals surface area (Å²) in [4.78, 5) is 4.90. The third-order valence-corrected chi connectivity index (χ3v) is 4.90. The number of hydrogen-bond donors (Lipinski definition) is 1. The number of benzene rings is 1. The maximum atomic E-state index is 13.6. The SMILES string of the molecule is CCCn1c(C2(C(C)C)CCNC2)nc2ccc(F)cc21. The van der Waals surface area contributed by atoms with Gasteiger partial charge < -0.3 is 9.88 Å². The van der Waals surface area contributed by atoms with Crippen LogP contribution in [0.1, 0.15) is 39.4 Å². The molecule has 1 aliphatic rings. The Morgan fingerprint density at radius 1 is 1.43 bits per heavy atom. The number of halogens is 1.